The molecule has 0 aliphatic rings. The standard InChI is InChI=1S/C12H11BrO3S/c1-7-8(2-10(16-7)5-12(14)15)3-11-4-9(13)6-17-11/h2,4,6H,3,5H2,1H3,(H,14,15). The zero-order valence-electron chi connectivity index (χ0n) is 9.20. The van der Waals surface area contributed by atoms with E-state index in [0.29, 0.717) is 5.76 Å². The fraction of sp³-hybridized carbons (Fsp3) is 0.250. The van der Waals surface area contributed by atoms with E-state index in [2.05, 4.69) is 22.0 Å². The number of carboxylic acid groups (broad SMARTS) is 1. The van der Waals surface area contributed by atoms with E-state index >= 15 is 0 Å². The van der Waals surface area contributed by atoms with Crippen molar-refractivity contribution < 1.29 is 14.3 Å². The minimum atomic E-state index is -0.871. The molecular weight excluding hydrogens is 304 g/mol. The molecule has 17 heavy (non-hydrogen) atoms. The van der Waals surface area contributed by atoms with Crippen LogP contribution >= 0.6 is 27.3 Å². The van der Waals surface area contributed by atoms with E-state index in [1.54, 1.807) is 11.3 Å². The molecule has 0 fully saturated rings. The molecule has 0 amide bonds. The molecule has 2 rings (SSSR count). The van der Waals surface area contributed by atoms with Gasteiger partial charge in [0.05, 0.1) is 0 Å². The summed E-state index contributed by atoms with van der Waals surface area (Å²) in [5, 5.41) is 10.7. The Balaban J connectivity index is 2.16. The van der Waals surface area contributed by atoms with Crippen molar-refractivity contribution in [1.82, 2.24) is 0 Å². The van der Waals surface area contributed by atoms with Crippen LogP contribution in [0.25, 0.3) is 0 Å². The highest BCUT2D eigenvalue weighted by Gasteiger charge is 2.11. The van der Waals surface area contributed by atoms with E-state index in [0.717, 1.165) is 22.2 Å². The van der Waals surface area contributed by atoms with Crippen molar-refractivity contribution in [3.8, 4) is 0 Å². The van der Waals surface area contributed by atoms with Crippen LogP contribution in [0.1, 0.15) is 22.0 Å². The molecule has 0 radical (unpaired) electrons. The highest BCUT2D eigenvalue weighted by atomic mass is 79.9. The lowest BCUT2D eigenvalue weighted by molar-refractivity contribution is -0.136. The van der Waals surface area contributed by atoms with Crippen LogP contribution in [0.2, 0.25) is 0 Å². The first-order chi connectivity index (χ1) is 8.04. The number of hydrogen-bond donors (Lipinski definition) is 1. The summed E-state index contributed by atoms with van der Waals surface area (Å²) >= 11 is 5.08. The van der Waals surface area contributed by atoms with Crippen LogP contribution in [0.5, 0.6) is 0 Å². The predicted octanol–water partition coefficient (Wildman–Crippen LogP) is 3.63. The van der Waals surface area contributed by atoms with Crippen LogP contribution in [-0.4, -0.2) is 11.1 Å². The van der Waals surface area contributed by atoms with Crippen LogP contribution in [0.4, 0.5) is 0 Å². The van der Waals surface area contributed by atoms with E-state index in [9.17, 15) is 4.79 Å². The van der Waals surface area contributed by atoms with Crippen molar-refractivity contribution in [3.63, 3.8) is 0 Å². The monoisotopic (exact) mass is 314 g/mol. The summed E-state index contributed by atoms with van der Waals surface area (Å²) in [4.78, 5) is 11.8. The SMILES string of the molecule is Cc1oc(CC(=O)O)cc1Cc1cc(Br)cs1. The zero-order valence-corrected chi connectivity index (χ0v) is 11.6. The second-order valence-electron chi connectivity index (χ2n) is 3.77. The molecule has 1 N–H and O–H groups in total. The Morgan fingerprint density at radius 2 is 2.29 bits per heavy atom. The number of thiophene rings is 1. The molecule has 0 aliphatic carbocycles. The number of furan rings is 1. The first-order valence-corrected chi connectivity index (χ1v) is 6.75. The maximum absolute atomic E-state index is 10.6. The molecule has 0 bridgehead atoms. The number of aliphatic carboxylic acids is 1. The summed E-state index contributed by atoms with van der Waals surface area (Å²) in [5.74, 6) is 0.440. The summed E-state index contributed by atoms with van der Waals surface area (Å²) in [5.41, 5.74) is 1.05. The maximum atomic E-state index is 10.6. The van der Waals surface area contributed by atoms with Crippen molar-refractivity contribution in [2.75, 3.05) is 0 Å². The van der Waals surface area contributed by atoms with Crippen LogP contribution in [0, 0.1) is 6.92 Å². The molecule has 0 saturated heterocycles. The van der Waals surface area contributed by atoms with Gasteiger partial charge in [-0.2, -0.15) is 0 Å². The van der Waals surface area contributed by atoms with Crippen molar-refractivity contribution in [1.29, 1.82) is 0 Å². The van der Waals surface area contributed by atoms with Crippen molar-refractivity contribution in [2.45, 2.75) is 19.8 Å². The minimum absolute atomic E-state index is 0.0605. The molecule has 0 atom stereocenters. The number of carbonyl (C=O) groups is 1. The molecule has 0 saturated carbocycles. The van der Waals surface area contributed by atoms with Crippen LogP contribution in [0.3, 0.4) is 0 Å². The Labute approximate surface area is 111 Å². The molecular formula is C12H11BrO3S. The average molecular weight is 315 g/mol. The molecule has 0 aromatic carbocycles. The molecule has 0 unspecified atom stereocenters. The van der Waals surface area contributed by atoms with Gasteiger partial charge in [0.1, 0.15) is 17.9 Å². The molecule has 5 heteroatoms. The van der Waals surface area contributed by atoms with Crippen LogP contribution < -0.4 is 0 Å². The van der Waals surface area contributed by atoms with E-state index in [1.165, 1.54) is 4.88 Å². The third-order valence-electron chi connectivity index (χ3n) is 2.38. The average Bonchev–Trinajstić information content (AvgIpc) is 2.74. The summed E-state index contributed by atoms with van der Waals surface area (Å²) < 4.78 is 6.49. The van der Waals surface area contributed by atoms with Gasteiger partial charge in [-0.3, -0.25) is 4.79 Å². The van der Waals surface area contributed by atoms with Gasteiger partial charge in [-0.25, -0.2) is 0 Å². The van der Waals surface area contributed by atoms with E-state index in [-0.39, 0.29) is 6.42 Å². The Morgan fingerprint density at radius 1 is 1.53 bits per heavy atom. The number of carboxylic acids is 1. The lowest BCUT2D eigenvalue weighted by Gasteiger charge is -1.94. The zero-order chi connectivity index (χ0) is 12.4. The first kappa shape index (κ1) is 12.4. The van der Waals surface area contributed by atoms with Gasteiger partial charge in [-0.15, -0.1) is 11.3 Å². The Bertz CT molecular complexity index is 542. The predicted molar refractivity (Wildman–Crippen MR) is 69.6 cm³/mol. The number of aryl methyl sites for hydroxylation is 1. The van der Waals surface area contributed by atoms with Crippen molar-refractivity contribution >= 4 is 33.2 Å². The molecule has 3 nitrogen and oxygen atoms in total. The van der Waals surface area contributed by atoms with Gasteiger partial charge in [0.25, 0.3) is 0 Å². The summed E-state index contributed by atoms with van der Waals surface area (Å²) in [6.45, 7) is 1.86. The van der Waals surface area contributed by atoms with Gasteiger partial charge in [0, 0.05) is 21.2 Å². The van der Waals surface area contributed by atoms with Crippen LogP contribution in [0.15, 0.2) is 26.4 Å². The topological polar surface area (TPSA) is 50.4 Å². The van der Waals surface area contributed by atoms with Gasteiger partial charge in [-0.1, -0.05) is 0 Å². The fourth-order valence-electron chi connectivity index (χ4n) is 1.63. The van der Waals surface area contributed by atoms with Crippen molar-refractivity contribution in [3.05, 3.63) is 43.9 Å². The van der Waals surface area contributed by atoms with Crippen molar-refractivity contribution in [2.24, 2.45) is 0 Å². The summed E-state index contributed by atoms with van der Waals surface area (Å²) in [6, 6.07) is 3.89. The first-order valence-electron chi connectivity index (χ1n) is 5.07. The molecule has 2 aromatic heterocycles. The quantitative estimate of drug-likeness (QED) is 0.937. The Morgan fingerprint density at radius 3 is 2.88 bits per heavy atom. The van der Waals surface area contributed by atoms with E-state index in [4.69, 9.17) is 9.52 Å². The molecule has 0 aliphatic heterocycles. The number of halogens is 1. The summed E-state index contributed by atoms with van der Waals surface area (Å²) in [6.07, 6.45) is 0.722. The van der Waals surface area contributed by atoms with Crippen LogP contribution in [-0.2, 0) is 17.6 Å². The molecule has 0 spiro atoms. The Hall–Kier alpha value is -1.07. The highest BCUT2D eigenvalue weighted by molar-refractivity contribution is 9.10. The lowest BCUT2D eigenvalue weighted by atomic mass is 10.1. The van der Waals surface area contributed by atoms with Gasteiger partial charge >= 0.3 is 5.97 Å². The number of rotatable bonds is 4. The normalized spacial score (nSPS) is 10.7. The molecule has 2 aromatic rings. The third kappa shape index (κ3) is 3.20. The maximum Gasteiger partial charge on any atom is 0.311 e. The van der Waals surface area contributed by atoms with E-state index < -0.39 is 5.97 Å². The fourth-order valence-corrected chi connectivity index (χ4v) is 3.11. The summed E-state index contributed by atoms with van der Waals surface area (Å²) in [7, 11) is 0. The largest absolute Gasteiger partial charge is 0.481 e. The van der Waals surface area contributed by atoms with Gasteiger partial charge < -0.3 is 9.52 Å². The van der Waals surface area contributed by atoms with E-state index in [1.807, 2.05) is 18.4 Å². The van der Waals surface area contributed by atoms with Gasteiger partial charge in [-0.05, 0) is 40.5 Å². The third-order valence-corrected chi connectivity index (χ3v) is 4.08. The lowest BCUT2D eigenvalue weighted by Crippen LogP contribution is -1.98. The Kier molecular flexibility index (Phi) is 3.69. The highest BCUT2D eigenvalue weighted by Crippen LogP contribution is 2.25. The second kappa shape index (κ2) is 5.06. The number of hydrogen-bond acceptors (Lipinski definition) is 3. The van der Waals surface area contributed by atoms with Gasteiger partial charge in [0.2, 0.25) is 0 Å². The smallest absolute Gasteiger partial charge is 0.311 e. The molecule has 2 heterocycles. The van der Waals surface area contributed by atoms with Gasteiger partial charge in [0.15, 0.2) is 0 Å². The minimum Gasteiger partial charge on any atom is -0.481 e. The molecule has 90 valence electrons. The second-order valence-corrected chi connectivity index (χ2v) is 5.68.